The van der Waals surface area contributed by atoms with E-state index in [1.165, 1.54) is 30.6 Å². The lowest BCUT2D eigenvalue weighted by Crippen LogP contribution is -2.38. The SMILES string of the molecule is Cc1cnc(CN=C(N)N2CCCCCC2)s1.I. The maximum absolute atomic E-state index is 6.03. The van der Waals surface area contributed by atoms with Gasteiger partial charge in [0.05, 0.1) is 6.54 Å². The zero-order valence-corrected chi connectivity index (χ0v) is 13.9. The van der Waals surface area contributed by atoms with Crippen molar-refractivity contribution in [3.63, 3.8) is 0 Å². The van der Waals surface area contributed by atoms with E-state index in [2.05, 4.69) is 21.8 Å². The zero-order valence-electron chi connectivity index (χ0n) is 10.8. The van der Waals surface area contributed by atoms with Crippen LogP contribution in [-0.2, 0) is 6.54 Å². The Hall–Kier alpha value is -0.370. The molecule has 0 radical (unpaired) electrons. The molecule has 0 amide bonds. The molecule has 1 saturated heterocycles. The van der Waals surface area contributed by atoms with Crippen molar-refractivity contribution >= 4 is 41.3 Å². The first-order valence-electron chi connectivity index (χ1n) is 6.22. The number of aliphatic imine (C=N–C) groups is 1. The van der Waals surface area contributed by atoms with Crippen LogP contribution in [0.2, 0.25) is 0 Å². The smallest absolute Gasteiger partial charge is 0.191 e. The van der Waals surface area contributed by atoms with Crippen molar-refractivity contribution in [1.29, 1.82) is 0 Å². The number of hydrogen-bond acceptors (Lipinski definition) is 3. The summed E-state index contributed by atoms with van der Waals surface area (Å²) in [4.78, 5) is 12.2. The van der Waals surface area contributed by atoms with Crippen LogP contribution in [0.15, 0.2) is 11.2 Å². The van der Waals surface area contributed by atoms with E-state index >= 15 is 0 Å². The van der Waals surface area contributed by atoms with E-state index in [-0.39, 0.29) is 24.0 Å². The standard InChI is InChI=1S/C12H20N4S.HI/c1-10-8-14-11(17-10)9-15-12(13)16-6-4-2-3-5-7-16;/h8H,2-7,9H2,1H3,(H2,13,15);1H. The van der Waals surface area contributed by atoms with Gasteiger partial charge < -0.3 is 10.6 Å². The summed E-state index contributed by atoms with van der Waals surface area (Å²) < 4.78 is 0. The van der Waals surface area contributed by atoms with E-state index < -0.39 is 0 Å². The van der Waals surface area contributed by atoms with Gasteiger partial charge in [-0.15, -0.1) is 35.3 Å². The van der Waals surface area contributed by atoms with Crippen LogP contribution in [0.5, 0.6) is 0 Å². The van der Waals surface area contributed by atoms with Crippen LogP contribution in [0.1, 0.15) is 35.6 Å². The van der Waals surface area contributed by atoms with Gasteiger partial charge in [-0.1, -0.05) is 12.8 Å². The molecule has 1 aromatic rings. The van der Waals surface area contributed by atoms with Crippen molar-refractivity contribution < 1.29 is 0 Å². The summed E-state index contributed by atoms with van der Waals surface area (Å²) in [6.07, 6.45) is 6.97. The second-order valence-corrected chi connectivity index (χ2v) is 5.76. The third-order valence-electron chi connectivity index (χ3n) is 2.98. The molecule has 1 aromatic heterocycles. The van der Waals surface area contributed by atoms with Gasteiger partial charge in [0.25, 0.3) is 0 Å². The van der Waals surface area contributed by atoms with Gasteiger partial charge in [-0.2, -0.15) is 0 Å². The Labute approximate surface area is 130 Å². The minimum atomic E-state index is 0. The highest BCUT2D eigenvalue weighted by Gasteiger charge is 2.10. The molecule has 2 N–H and O–H groups in total. The summed E-state index contributed by atoms with van der Waals surface area (Å²) >= 11 is 1.69. The summed E-state index contributed by atoms with van der Waals surface area (Å²) in [5.74, 6) is 0.680. The quantitative estimate of drug-likeness (QED) is 0.488. The zero-order chi connectivity index (χ0) is 12.1. The number of thiazole rings is 1. The Balaban J connectivity index is 0.00000162. The topological polar surface area (TPSA) is 54.5 Å². The van der Waals surface area contributed by atoms with E-state index in [1.807, 2.05) is 6.20 Å². The Morgan fingerprint density at radius 2 is 2.06 bits per heavy atom. The number of aryl methyl sites for hydroxylation is 1. The molecule has 18 heavy (non-hydrogen) atoms. The summed E-state index contributed by atoms with van der Waals surface area (Å²) in [5, 5.41) is 1.04. The maximum atomic E-state index is 6.03. The van der Waals surface area contributed by atoms with E-state index in [0.717, 1.165) is 18.1 Å². The molecule has 0 unspecified atom stereocenters. The largest absolute Gasteiger partial charge is 0.370 e. The lowest BCUT2D eigenvalue weighted by Gasteiger charge is -2.20. The summed E-state index contributed by atoms with van der Waals surface area (Å²) in [6, 6.07) is 0. The highest BCUT2D eigenvalue weighted by atomic mass is 127. The molecule has 0 atom stereocenters. The van der Waals surface area contributed by atoms with Gasteiger partial charge in [-0.25, -0.2) is 9.98 Å². The number of nitrogens with two attached hydrogens (primary N) is 1. The summed E-state index contributed by atoms with van der Waals surface area (Å²) in [5.41, 5.74) is 6.03. The van der Waals surface area contributed by atoms with Gasteiger partial charge in [-0.05, 0) is 19.8 Å². The number of halogens is 1. The highest BCUT2D eigenvalue weighted by molar-refractivity contribution is 14.0. The molecule has 0 aromatic carbocycles. The fraction of sp³-hybridized carbons (Fsp3) is 0.667. The first-order chi connectivity index (χ1) is 8.25. The molecule has 1 aliphatic rings. The van der Waals surface area contributed by atoms with Crippen LogP contribution < -0.4 is 5.73 Å². The minimum absolute atomic E-state index is 0. The maximum Gasteiger partial charge on any atom is 0.191 e. The Morgan fingerprint density at radius 1 is 1.39 bits per heavy atom. The minimum Gasteiger partial charge on any atom is -0.370 e. The van der Waals surface area contributed by atoms with Gasteiger partial charge in [0, 0.05) is 24.2 Å². The molecule has 6 heteroatoms. The molecule has 2 heterocycles. The van der Waals surface area contributed by atoms with E-state index in [9.17, 15) is 0 Å². The molecule has 0 saturated carbocycles. The number of aromatic nitrogens is 1. The number of rotatable bonds is 2. The molecule has 4 nitrogen and oxygen atoms in total. The third kappa shape index (κ3) is 4.72. The lowest BCUT2D eigenvalue weighted by molar-refractivity contribution is 0.428. The van der Waals surface area contributed by atoms with Gasteiger partial charge in [0.1, 0.15) is 5.01 Å². The van der Waals surface area contributed by atoms with E-state index in [0.29, 0.717) is 12.5 Å². The second-order valence-electron chi connectivity index (χ2n) is 4.44. The third-order valence-corrected chi connectivity index (χ3v) is 3.87. The summed E-state index contributed by atoms with van der Waals surface area (Å²) in [6.45, 7) is 4.77. The van der Waals surface area contributed by atoms with E-state index in [1.54, 1.807) is 11.3 Å². The molecule has 102 valence electrons. The predicted octanol–water partition coefficient (Wildman–Crippen LogP) is 2.76. The Morgan fingerprint density at radius 3 is 2.61 bits per heavy atom. The van der Waals surface area contributed by atoms with Crippen LogP contribution in [-0.4, -0.2) is 28.9 Å². The van der Waals surface area contributed by atoms with Crippen molar-refractivity contribution in [2.45, 2.75) is 39.2 Å². The summed E-state index contributed by atoms with van der Waals surface area (Å²) in [7, 11) is 0. The normalized spacial score (nSPS) is 17.2. The highest BCUT2D eigenvalue weighted by Crippen LogP contribution is 2.13. The van der Waals surface area contributed by atoms with Crippen molar-refractivity contribution in [3.8, 4) is 0 Å². The monoisotopic (exact) mass is 380 g/mol. The van der Waals surface area contributed by atoms with Crippen molar-refractivity contribution in [1.82, 2.24) is 9.88 Å². The van der Waals surface area contributed by atoms with Gasteiger partial charge in [-0.3, -0.25) is 0 Å². The fourth-order valence-corrected chi connectivity index (χ4v) is 2.73. The van der Waals surface area contributed by atoms with Crippen molar-refractivity contribution in [2.75, 3.05) is 13.1 Å². The molecule has 1 fully saturated rings. The van der Waals surface area contributed by atoms with Crippen LogP contribution in [0.4, 0.5) is 0 Å². The average Bonchev–Trinajstić information content (AvgIpc) is 2.58. The Kier molecular flexibility index (Phi) is 6.91. The average molecular weight is 380 g/mol. The molecular weight excluding hydrogens is 359 g/mol. The van der Waals surface area contributed by atoms with Crippen LogP contribution >= 0.6 is 35.3 Å². The fourth-order valence-electron chi connectivity index (χ4n) is 2.02. The molecule has 0 spiro atoms. The van der Waals surface area contributed by atoms with Gasteiger partial charge in [0.2, 0.25) is 0 Å². The number of guanidine groups is 1. The van der Waals surface area contributed by atoms with Gasteiger partial charge >= 0.3 is 0 Å². The number of hydrogen-bond donors (Lipinski definition) is 1. The number of likely N-dealkylation sites (tertiary alicyclic amines) is 1. The van der Waals surface area contributed by atoms with Crippen molar-refractivity contribution in [2.24, 2.45) is 10.7 Å². The van der Waals surface area contributed by atoms with Crippen LogP contribution in [0.25, 0.3) is 0 Å². The second kappa shape index (κ2) is 7.93. The first kappa shape index (κ1) is 15.7. The molecule has 2 rings (SSSR count). The number of nitrogens with zero attached hydrogens (tertiary/aromatic N) is 3. The molecule has 0 bridgehead atoms. The first-order valence-corrected chi connectivity index (χ1v) is 7.03. The van der Waals surface area contributed by atoms with Crippen LogP contribution in [0, 0.1) is 6.92 Å². The molecule has 1 aliphatic heterocycles. The Bertz CT molecular complexity index is 383. The van der Waals surface area contributed by atoms with Gasteiger partial charge in [0.15, 0.2) is 5.96 Å². The van der Waals surface area contributed by atoms with Crippen molar-refractivity contribution in [3.05, 3.63) is 16.1 Å². The predicted molar refractivity (Wildman–Crippen MR) is 87.6 cm³/mol. The molecule has 0 aliphatic carbocycles. The lowest BCUT2D eigenvalue weighted by atomic mass is 10.2. The van der Waals surface area contributed by atoms with Crippen LogP contribution in [0.3, 0.4) is 0 Å². The molecular formula is C12H21IN4S. The van der Waals surface area contributed by atoms with E-state index in [4.69, 9.17) is 5.73 Å².